The molecule has 0 spiro atoms. The number of rotatable bonds is 5. The van der Waals surface area contributed by atoms with Crippen LogP contribution in [0.1, 0.15) is 5.56 Å². The Labute approximate surface area is 167 Å². The Morgan fingerprint density at radius 1 is 1.28 bits per heavy atom. The summed E-state index contributed by atoms with van der Waals surface area (Å²) < 4.78 is 67.9. The summed E-state index contributed by atoms with van der Waals surface area (Å²) in [6.45, 7) is -1.33. The Morgan fingerprint density at radius 2 is 2.00 bits per heavy atom. The van der Waals surface area contributed by atoms with Crippen LogP contribution in [0.25, 0.3) is 0 Å². The van der Waals surface area contributed by atoms with Crippen LogP contribution in [-0.4, -0.2) is 66.6 Å². The number of thioether (sulfide) groups is 1. The highest BCUT2D eigenvalue weighted by atomic mass is 32.2. The molecule has 0 radical (unpaired) electrons. The predicted octanol–water partition coefficient (Wildman–Crippen LogP) is 1.41. The Kier molecular flexibility index (Phi) is 5.92. The summed E-state index contributed by atoms with van der Waals surface area (Å²) >= 11 is 0.991. The molecule has 2 aliphatic heterocycles. The number of carboxylic acids is 1. The number of hydrogen-bond donors (Lipinski definition) is 1. The Balaban J connectivity index is 1.91. The number of hydrogen-bond acceptors (Lipinski definition) is 6. The summed E-state index contributed by atoms with van der Waals surface area (Å²) in [6.07, 6.45) is -4.60. The van der Waals surface area contributed by atoms with Crippen molar-refractivity contribution in [1.82, 2.24) is 0 Å². The quantitative estimate of drug-likeness (QED) is 0.714. The van der Waals surface area contributed by atoms with Gasteiger partial charge in [0.25, 0.3) is 5.91 Å². The fourth-order valence-electron chi connectivity index (χ4n) is 3.06. The number of alkyl halides is 3. The molecule has 2 atom stereocenters. The van der Waals surface area contributed by atoms with Crippen LogP contribution in [0.4, 0.5) is 18.9 Å². The molecule has 13 heteroatoms. The minimum absolute atomic E-state index is 0.0538. The van der Waals surface area contributed by atoms with Gasteiger partial charge in [0.2, 0.25) is 0 Å². The zero-order valence-corrected chi connectivity index (χ0v) is 16.3. The predicted molar refractivity (Wildman–Crippen MR) is 98.6 cm³/mol. The van der Waals surface area contributed by atoms with Gasteiger partial charge < -0.3 is 14.7 Å². The minimum atomic E-state index is -4.60. The summed E-state index contributed by atoms with van der Waals surface area (Å²) in [4.78, 5) is 27.6. The monoisotopic (exact) mass is 452 g/mol. The number of carbonyl (C=O) groups is 2. The Hall–Kier alpha value is -2.12. The van der Waals surface area contributed by atoms with Crippen LogP contribution in [0.5, 0.6) is 0 Å². The van der Waals surface area contributed by atoms with Gasteiger partial charge >= 0.3 is 12.1 Å². The number of benzene rings is 1. The average Bonchev–Trinajstić information content (AvgIpc) is 3.04. The number of carbonyl (C=O) groups excluding carboxylic acids is 1. The van der Waals surface area contributed by atoms with Crippen molar-refractivity contribution in [2.45, 2.75) is 17.5 Å². The van der Waals surface area contributed by atoms with E-state index < -0.39 is 58.0 Å². The highest BCUT2D eigenvalue weighted by molar-refractivity contribution is 8.16. The number of amidine groups is 1. The van der Waals surface area contributed by atoms with Crippen LogP contribution in [0, 0.1) is 0 Å². The molecule has 0 saturated carbocycles. The van der Waals surface area contributed by atoms with Crippen LogP contribution in [0.3, 0.4) is 0 Å². The molecular weight excluding hydrogens is 437 g/mol. The third-order valence-electron chi connectivity index (χ3n) is 4.19. The van der Waals surface area contributed by atoms with Crippen LogP contribution in [-0.2, 0) is 30.3 Å². The fraction of sp³-hybridized carbons (Fsp3) is 0.438. The zero-order chi connectivity index (χ0) is 21.4. The summed E-state index contributed by atoms with van der Waals surface area (Å²) in [7, 11) is -3.38. The maximum absolute atomic E-state index is 13.1. The van der Waals surface area contributed by atoms with Crippen molar-refractivity contribution in [1.29, 1.82) is 0 Å². The van der Waals surface area contributed by atoms with E-state index in [-0.39, 0.29) is 22.4 Å². The number of aliphatic carboxylic acids is 1. The van der Waals surface area contributed by atoms with Crippen molar-refractivity contribution in [3.8, 4) is 0 Å². The molecule has 2 fully saturated rings. The maximum Gasteiger partial charge on any atom is 0.416 e. The van der Waals surface area contributed by atoms with Crippen LogP contribution in [0.15, 0.2) is 29.3 Å². The number of anilines is 1. The lowest BCUT2D eigenvalue weighted by atomic mass is 10.1. The van der Waals surface area contributed by atoms with Gasteiger partial charge in [0.1, 0.15) is 13.2 Å². The lowest BCUT2D eigenvalue weighted by Crippen LogP contribution is -2.38. The molecule has 1 N–H and O–H groups in total. The van der Waals surface area contributed by atoms with E-state index in [4.69, 9.17) is 5.11 Å². The second kappa shape index (κ2) is 7.95. The first-order chi connectivity index (χ1) is 13.5. The van der Waals surface area contributed by atoms with Gasteiger partial charge in [-0.05, 0) is 18.2 Å². The third kappa shape index (κ3) is 5.08. The summed E-state index contributed by atoms with van der Waals surface area (Å²) in [5.74, 6) is -2.55. The lowest BCUT2D eigenvalue weighted by molar-refractivity contribution is -0.143. The largest absolute Gasteiger partial charge is 0.480 e. The first-order valence-electron chi connectivity index (χ1n) is 8.21. The number of amides is 1. The molecule has 1 amide bonds. The van der Waals surface area contributed by atoms with E-state index in [0.717, 1.165) is 23.9 Å². The summed E-state index contributed by atoms with van der Waals surface area (Å²) in [5, 5.41) is 8.09. The molecule has 29 heavy (non-hydrogen) atoms. The fourth-order valence-corrected chi connectivity index (χ4v) is 6.99. The van der Waals surface area contributed by atoms with E-state index in [1.165, 1.54) is 17.0 Å². The van der Waals surface area contributed by atoms with Gasteiger partial charge in [-0.25, -0.2) is 13.2 Å². The van der Waals surface area contributed by atoms with Crippen LogP contribution in [0.2, 0.25) is 0 Å². The lowest BCUT2D eigenvalue weighted by Gasteiger charge is -2.25. The van der Waals surface area contributed by atoms with E-state index in [0.29, 0.717) is 0 Å². The van der Waals surface area contributed by atoms with Gasteiger partial charge in [-0.2, -0.15) is 18.2 Å². The van der Waals surface area contributed by atoms with E-state index in [9.17, 15) is 31.2 Å². The number of ether oxygens (including phenoxy) is 1. The zero-order valence-electron chi connectivity index (χ0n) is 14.6. The molecule has 1 aromatic carbocycles. The van der Waals surface area contributed by atoms with E-state index >= 15 is 0 Å². The SMILES string of the molecule is O=C(O)COCC(=O)N=C1S[C@@H]2CS(=O)(=O)C[C@H]2N1c1cccc(C(F)(F)F)c1. The van der Waals surface area contributed by atoms with Gasteiger partial charge in [-0.1, -0.05) is 17.8 Å². The highest BCUT2D eigenvalue weighted by Gasteiger charge is 2.49. The normalized spacial score (nSPS) is 24.7. The molecule has 2 aliphatic rings. The number of aliphatic imine (C=N–C) groups is 1. The molecule has 2 saturated heterocycles. The standard InChI is InChI=1S/C16H15F3N2O6S2/c17-16(18,19)9-2-1-3-10(4-9)21-11-7-29(25,26)8-12(11)28-15(21)20-13(22)5-27-6-14(23)24/h1-4,11-12H,5-8H2,(H,23,24)/t11-,12-/m1/s1. The molecule has 8 nitrogen and oxygen atoms in total. The first kappa shape index (κ1) is 21.6. The molecule has 2 heterocycles. The number of fused-ring (bicyclic) bond motifs is 1. The van der Waals surface area contributed by atoms with Crippen LogP contribution >= 0.6 is 11.8 Å². The number of sulfone groups is 1. The molecule has 0 aliphatic carbocycles. The van der Waals surface area contributed by atoms with Gasteiger partial charge in [-0.3, -0.25) is 4.79 Å². The molecule has 3 rings (SSSR count). The van der Waals surface area contributed by atoms with Crippen molar-refractivity contribution in [3.63, 3.8) is 0 Å². The van der Waals surface area contributed by atoms with Crippen LogP contribution < -0.4 is 4.90 Å². The summed E-state index contributed by atoms with van der Waals surface area (Å²) in [6, 6.07) is 3.66. The topological polar surface area (TPSA) is 113 Å². The van der Waals surface area contributed by atoms with Gasteiger partial charge in [0.05, 0.1) is 23.1 Å². The molecular formula is C16H15F3N2O6S2. The van der Waals surface area contributed by atoms with E-state index in [1.54, 1.807) is 0 Å². The molecule has 0 unspecified atom stereocenters. The number of halogens is 3. The van der Waals surface area contributed by atoms with Gasteiger partial charge in [0.15, 0.2) is 15.0 Å². The Morgan fingerprint density at radius 3 is 2.66 bits per heavy atom. The van der Waals surface area contributed by atoms with Crippen molar-refractivity contribution >= 4 is 44.3 Å². The minimum Gasteiger partial charge on any atom is -0.480 e. The second-order valence-electron chi connectivity index (χ2n) is 6.39. The highest BCUT2D eigenvalue weighted by Crippen LogP contribution is 2.42. The molecule has 158 valence electrons. The van der Waals surface area contributed by atoms with Gasteiger partial charge in [0, 0.05) is 10.9 Å². The van der Waals surface area contributed by atoms with E-state index in [1.807, 2.05) is 0 Å². The van der Waals surface area contributed by atoms with Crippen molar-refractivity contribution in [2.24, 2.45) is 4.99 Å². The first-order valence-corrected chi connectivity index (χ1v) is 10.9. The maximum atomic E-state index is 13.1. The number of carboxylic acid groups (broad SMARTS) is 1. The molecule has 0 aromatic heterocycles. The molecule has 1 aromatic rings. The number of nitrogens with zero attached hydrogens (tertiary/aromatic N) is 2. The Bertz CT molecular complexity index is 964. The second-order valence-corrected chi connectivity index (χ2v) is 9.75. The van der Waals surface area contributed by atoms with Crippen molar-refractivity contribution < 1.29 is 41.0 Å². The smallest absolute Gasteiger partial charge is 0.416 e. The third-order valence-corrected chi connectivity index (χ3v) is 7.40. The van der Waals surface area contributed by atoms with Crippen molar-refractivity contribution in [2.75, 3.05) is 29.6 Å². The van der Waals surface area contributed by atoms with Gasteiger partial charge in [-0.15, -0.1) is 0 Å². The average molecular weight is 452 g/mol. The summed E-state index contributed by atoms with van der Waals surface area (Å²) in [5.41, 5.74) is -0.852. The van der Waals surface area contributed by atoms with E-state index in [2.05, 4.69) is 9.73 Å². The molecule has 0 bridgehead atoms. The van der Waals surface area contributed by atoms with Crippen molar-refractivity contribution in [3.05, 3.63) is 29.8 Å².